The summed E-state index contributed by atoms with van der Waals surface area (Å²) in [4.78, 5) is 11.1. The number of hydrogen-bond donors (Lipinski definition) is 1. The molecule has 0 aliphatic heterocycles. The third kappa shape index (κ3) is 2.73. The molecule has 0 atom stereocenters. The highest BCUT2D eigenvalue weighted by molar-refractivity contribution is 14.1. The van der Waals surface area contributed by atoms with Gasteiger partial charge in [-0.3, -0.25) is 0 Å². The van der Waals surface area contributed by atoms with Crippen LogP contribution in [0.15, 0.2) is 36.4 Å². The molecule has 2 rings (SSSR count). The van der Waals surface area contributed by atoms with Crippen molar-refractivity contribution in [2.45, 2.75) is 6.92 Å². The molecule has 4 heteroatoms. The van der Waals surface area contributed by atoms with Crippen LogP contribution in [0.25, 0.3) is 11.1 Å². The molecule has 0 amide bonds. The molecule has 0 aliphatic carbocycles. The number of carbonyl (C=O) groups is 1. The lowest BCUT2D eigenvalue weighted by Gasteiger charge is -2.11. The fourth-order valence-corrected chi connectivity index (χ4v) is 2.63. The Morgan fingerprint density at radius 2 is 1.79 bits per heavy atom. The largest absolute Gasteiger partial charge is 0.497 e. The van der Waals surface area contributed by atoms with E-state index in [1.807, 2.05) is 37.3 Å². The number of hydrogen-bond acceptors (Lipinski definition) is 2. The SMILES string of the molecule is COc1ccc(-c2ccc(C(=O)O)c(I)c2C)cc1. The van der Waals surface area contributed by atoms with Crippen molar-refractivity contribution in [1.82, 2.24) is 0 Å². The van der Waals surface area contributed by atoms with E-state index in [-0.39, 0.29) is 0 Å². The first-order valence-corrected chi connectivity index (χ1v) is 6.79. The molecule has 98 valence electrons. The smallest absolute Gasteiger partial charge is 0.336 e. The van der Waals surface area contributed by atoms with Gasteiger partial charge < -0.3 is 9.84 Å². The molecule has 3 nitrogen and oxygen atoms in total. The van der Waals surface area contributed by atoms with Gasteiger partial charge in [0.05, 0.1) is 12.7 Å². The Labute approximate surface area is 125 Å². The minimum Gasteiger partial charge on any atom is -0.497 e. The summed E-state index contributed by atoms with van der Waals surface area (Å²) in [5.41, 5.74) is 3.41. The van der Waals surface area contributed by atoms with Crippen LogP contribution in [0.3, 0.4) is 0 Å². The predicted molar refractivity (Wildman–Crippen MR) is 82.8 cm³/mol. The summed E-state index contributed by atoms with van der Waals surface area (Å²) in [6.45, 7) is 1.94. The zero-order chi connectivity index (χ0) is 14.0. The van der Waals surface area contributed by atoms with Gasteiger partial charge in [0, 0.05) is 3.57 Å². The summed E-state index contributed by atoms with van der Waals surface area (Å²) in [5, 5.41) is 9.10. The van der Waals surface area contributed by atoms with Gasteiger partial charge in [-0.05, 0) is 64.4 Å². The fourth-order valence-electron chi connectivity index (χ4n) is 1.93. The second-order valence-electron chi connectivity index (χ2n) is 4.13. The molecule has 0 aromatic heterocycles. The maximum Gasteiger partial charge on any atom is 0.336 e. The van der Waals surface area contributed by atoms with Crippen molar-refractivity contribution in [2.24, 2.45) is 0 Å². The minimum absolute atomic E-state index is 0.343. The lowest BCUT2D eigenvalue weighted by molar-refractivity contribution is 0.0695. The Balaban J connectivity index is 2.50. The summed E-state index contributed by atoms with van der Waals surface area (Å²) in [6, 6.07) is 11.2. The lowest BCUT2D eigenvalue weighted by Crippen LogP contribution is -2.02. The molecule has 2 aromatic rings. The highest BCUT2D eigenvalue weighted by Gasteiger charge is 2.13. The Hall–Kier alpha value is -1.56. The first-order valence-electron chi connectivity index (χ1n) is 5.71. The first kappa shape index (κ1) is 13.9. The summed E-state index contributed by atoms with van der Waals surface area (Å²) in [7, 11) is 1.63. The average Bonchev–Trinajstić information content (AvgIpc) is 2.41. The molecule has 2 aromatic carbocycles. The summed E-state index contributed by atoms with van der Waals surface area (Å²) in [5.74, 6) is -0.0907. The van der Waals surface area contributed by atoms with E-state index in [4.69, 9.17) is 9.84 Å². The predicted octanol–water partition coefficient (Wildman–Crippen LogP) is 3.97. The number of carboxylic acids is 1. The highest BCUT2D eigenvalue weighted by atomic mass is 127. The van der Waals surface area contributed by atoms with Gasteiger partial charge in [-0.2, -0.15) is 0 Å². The van der Waals surface area contributed by atoms with E-state index in [0.717, 1.165) is 26.0 Å². The van der Waals surface area contributed by atoms with E-state index in [1.54, 1.807) is 13.2 Å². The zero-order valence-corrected chi connectivity index (χ0v) is 12.8. The number of halogens is 1. The Bertz CT molecular complexity index is 618. The van der Waals surface area contributed by atoms with Crippen LogP contribution >= 0.6 is 22.6 Å². The Kier molecular flexibility index (Phi) is 4.09. The topological polar surface area (TPSA) is 46.5 Å². The van der Waals surface area contributed by atoms with Gasteiger partial charge in [-0.15, -0.1) is 0 Å². The minimum atomic E-state index is -0.895. The van der Waals surface area contributed by atoms with Gasteiger partial charge in [0.15, 0.2) is 0 Å². The molecule has 0 fully saturated rings. The van der Waals surface area contributed by atoms with Gasteiger partial charge in [-0.25, -0.2) is 4.79 Å². The van der Waals surface area contributed by atoms with Crippen molar-refractivity contribution in [3.05, 3.63) is 51.1 Å². The molecule has 19 heavy (non-hydrogen) atoms. The monoisotopic (exact) mass is 368 g/mol. The van der Waals surface area contributed by atoms with Crippen LogP contribution < -0.4 is 4.74 Å². The number of rotatable bonds is 3. The van der Waals surface area contributed by atoms with Crippen LogP contribution in [0, 0.1) is 10.5 Å². The summed E-state index contributed by atoms with van der Waals surface area (Å²) < 4.78 is 5.91. The van der Waals surface area contributed by atoms with Gasteiger partial charge >= 0.3 is 5.97 Å². The number of aromatic carboxylic acids is 1. The van der Waals surface area contributed by atoms with Gasteiger partial charge in [-0.1, -0.05) is 18.2 Å². The van der Waals surface area contributed by atoms with E-state index >= 15 is 0 Å². The molecule has 0 saturated carbocycles. The molecule has 0 spiro atoms. The third-order valence-electron chi connectivity index (χ3n) is 3.02. The second-order valence-corrected chi connectivity index (χ2v) is 5.21. The van der Waals surface area contributed by atoms with Crippen LogP contribution in [-0.2, 0) is 0 Å². The highest BCUT2D eigenvalue weighted by Crippen LogP contribution is 2.30. The van der Waals surface area contributed by atoms with Crippen LogP contribution in [0.4, 0.5) is 0 Å². The quantitative estimate of drug-likeness (QED) is 0.834. The van der Waals surface area contributed by atoms with E-state index in [9.17, 15) is 4.79 Å². The molecule has 0 unspecified atom stereocenters. The van der Waals surface area contributed by atoms with Crippen molar-refractivity contribution >= 4 is 28.6 Å². The maximum atomic E-state index is 11.1. The first-order chi connectivity index (χ1) is 9.04. The maximum absolute atomic E-state index is 11.1. The number of benzene rings is 2. The zero-order valence-electron chi connectivity index (χ0n) is 10.6. The van der Waals surface area contributed by atoms with Crippen molar-refractivity contribution in [2.75, 3.05) is 7.11 Å². The van der Waals surface area contributed by atoms with Gasteiger partial charge in [0.1, 0.15) is 5.75 Å². The number of carboxylic acid groups (broad SMARTS) is 1. The summed E-state index contributed by atoms with van der Waals surface area (Å²) in [6.07, 6.45) is 0. The van der Waals surface area contributed by atoms with Crippen LogP contribution in [0.2, 0.25) is 0 Å². The van der Waals surface area contributed by atoms with E-state index < -0.39 is 5.97 Å². The Morgan fingerprint density at radius 3 is 2.32 bits per heavy atom. The number of ether oxygens (including phenoxy) is 1. The van der Waals surface area contributed by atoms with Crippen LogP contribution in [0.1, 0.15) is 15.9 Å². The normalized spacial score (nSPS) is 10.3. The Morgan fingerprint density at radius 1 is 1.16 bits per heavy atom. The lowest BCUT2D eigenvalue weighted by atomic mass is 9.98. The van der Waals surface area contributed by atoms with Crippen molar-refractivity contribution < 1.29 is 14.6 Å². The third-order valence-corrected chi connectivity index (χ3v) is 4.41. The van der Waals surface area contributed by atoms with E-state index in [0.29, 0.717) is 5.56 Å². The van der Waals surface area contributed by atoms with Crippen LogP contribution in [-0.4, -0.2) is 18.2 Å². The van der Waals surface area contributed by atoms with Crippen molar-refractivity contribution in [3.8, 4) is 16.9 Å². The molecule has 0 bridgehead atoms. The molecular weight excluding hydrogens is 355 g/mol. The molecule has 0 heterocycles. The summed E-state index contributed by atoms with van der Waals surface area (Å²) >= 11 is 2.08. The van der Waals surface area contributed by atoms with E-state index in [2.05, 4.69) is 22.6 Å². The van der Waals surface area contributed by atoms with Crippen LogP contribution in [0.5, 0.6) is 5.75 Å². The molecular formula is C15H13IO3. The average molecular weight is 368 g/mol. The van der Waals surface area contributed by atoms with E-state index in [1.165, 1.54) is 0 Å². The van der Waals surface area contributed by atoms with Crippen molar-refractivity contribution in [1.29, 1.82) is 0 Å². The molecule has 0 radical (unpaired) electrons. The number of methoxy groups -OCH3 is 1. The molecule has 0 saturated heterocycles. The fraction of sp³-hybridized carbons (Fsp3) is 0.133. The standard InChI is InChI=1S/C15H13IO3/c1-9-12(7-8-13(14(9)16)15(17)18)10-3-5-11(19-2)6-4-10/h3-8H,1-2H3,(H,17,18). The molecule has 1 N–H and O–H groups in total. The van der Waals surface area contributed by atoms with Gasteiger partial charge in [0.2, 0.25) is 0 Å². The molecule has 0 aliphatic rings. The van der Waals surface area contributed by atoms with Gasteiger partial charge in [0.25, 0.3) is 0 Å². The second kappa shape index (κ2) is 5.61. The van der Waals surface area contributed by atoms with Crippen molar-refractivity contribution in [3.63, 3.8) is 0 Å².